The highest BCUT2D eigenvalue weighted by Gasteiger charge is 2.01. The SMILES string of the molecule is CCCCCCCC(I)CCI. The molecule has 0 fully saturated rings. The van der Waals surface area contributed by atoms with Crippen LogP contribution in [0.1, 0.15) is 51.9 Å². The fraction of sp³-hybridized carbons (Fsp3) is 1.00. The molecule has 0 saturated heterocycles. The van der Waals surface area contributed by atoms with Crippen molar-refractivity contribution in [2.24, 2.45) is 0 Å². The number of halogens is 2. The largest absolute Gasteiger partial charge is 0.0863 e. The Morgan fingerprint density at radius 3 is 2.25 bits per heavy atom. The van der Waals surface area contributed by atoms with Crippen molar-refractivity contribution in [1.29, 1.82) is 0 Å². The van der Waals surface area contributed by atoms with Gasteiger partial charge in [0.1, 0.15) is 0 Å². The van der Waals surface area contributed by atoms with Crippen LogP contribution in [0.5, 0.6) is 0 Å². The zero-order chi connectivity index (χ0) is 9.23. The first kappa shape index (κ1) is 13.5. The second-order valence-corrected chi connectivity index (χ2v) is 6.12. The minimum atomic E-state index is 0.932. The summed E-state index contributed by atoms with van der Waals surface area (Å²) >= 11 is 5.07. The summed E-state index contributed by atoms with van der Waals surface area (Å²) in [5, 5.41) is 0. The third-order valence-electron chi connectivity index (χ3n) is 2.04. The van der Waals surface area contributed by atoms with Crippen LogP contribution < -0.4 is 0 Å². The van der Waals surface area contributed by atoms with Gasteiger partial charge in [-0.15, -0.1) is 0 Å². The Hall–Kier alpha value is 1.46. The average molecular weight is 394 g/mol. The summed E-state index contributed by atoms with van der Waals surface area (Å²) in [6.45, 7) is 2.28. The summed E-state index contributed by atoms with van der Waals surface area (Å²) in [5.74, 6) is 0. The lowest BCUT2D eigenvalue weighted by Crippen LogP contribution is -1.97. The van der Waals surface area contributed by atoms with Gasteiger partial charge in [0.15, 0.2) is 0 Å². The van der Waals surface area contributed by atoms with Crippen molar-refractivity contribution in [2.45, 2.75) is 55.8 Å². The van der Waals surface area contributed by atoms with Crippen molar-refractivity contribution < 1.29 is 0 Å². The van der Waals surface area contributed by atoms with Crippen LogP contribution in [0.15, 0.2) is 0 Å². The van der Waals surface area contributed by atoms with Gasteiger partial charge in [-0.05, 0) is 12.8 Å². The second kappa shape index (κ2) is 10.5. The summed E-state index contributed by atoms with van der Waals surface area (Å²) in [6, 6.07) is 0. The Bertz CT molecular complexity index is 83.9. The van der Waals surface area contributed by atoms with Gasteiger partial charge in [-0.2, -0.15) is 0 Å². The summed E-state index contributed by atoms with van der Waals surface area (Å²) in [7, 11) is 0. The predicted molar refractivity (Wildman–Crippen MR) is 74.7 cm³/mol. The fourth-order valence-corrected chi connectivity index (χ4v) is 3.93. The number of alkyl halides is 2. The van der Waals surface area contributed by atoms with E-state index in [1.807, 2.05) is 0 Å². The van der Waals surface area contributed by atoms with E-state index in [9.17, 15) is 0 Å². The van der Waals surface area contributed by atoms with Crippen molar-refractivity contribution >= 4 is 45.2 Å². The first-order chi connectivity index (χ1) is 5.81. The van der Waals surface area contributed by atoms with Gasteiger partial charge in [0, 0.05) is 8.35 Å². The van der Waals surface area contributed by atoms with Crippen LogP contribution in [0.25, 0.3) is 0 Å². The number of hydrogen-bond donors (Lipinski definition) is 0. The summed E-state index contributed by atoms with van der Waals surface area (Å²) < 4.78 is 2.25. The quantitative estimate of drug-likeness (QED) is 0.310. The van der Waals surface area contributed by atoms with Crippen molar-refractivity contribution in [1.82, 2.24) is 0 Å². The minimum absolute atomic E-state index is 0.932. The maximum atomic E-state index is 2.60. The Labute approximate surface area is 105 Å². The van der Waals surface area contributed by atoms with E-state index in [2.05, 4.69) is 52.1 Å². The molecule has 74 valence electrons. The molecule has 0 nitrogen and oxygen atoms in total. The van der Waals surface area contributed by atoms with Crippen LogP contribution in [-0.4, -0.2) is 8.35 Å². The van der Waals surface area contributed by atoms with Gasteiger partial charge in [-0.1, -0.05) is 84.2 Å². The van der Waals surface area contributed by atoms with Crippen LogP contribution in [-0.2, 0) is 0 Å². The Morgan fingerprint density at radius 2 is 1.67 bits per heavy atom. The Kier molecular flexibility index (Phi) is 11.8. The first-order valence-electron chi connectivity index (χ1n) is 5.01. The standard InChI is InChI=1S/C10H20I2/c1-2-3-4-5-6-7-10(12)8-9-11/h10H,2-9H2,1H3. The van der Waals surface area contributed by atoms with E-state index in [1.165, 1.54) is 49.4 Å². The van der Waals surface area contributed by atoms with Crippen LogP contribution in [0, 0.1) is 0 Å². The van der Waals surface area contributed by atoms with E-state index in [4.69, 9.17) is 0 Å². The third-order valence-corrected chi connectivity index (χ3v) is 3.91. The van der Waals surface area contributed by atoms with E-state index in [1.54, 1.807) is 0 Å². The van der Waals surface area contributed by atoms with Gasteiger partial charge in [0.25, 0.3) is 0 Å². The van der Waals surface area contributed by atoms with Gasteiger partial charge in [-0.25, -0.2) is 0 Å². The maximum absolute atomic E-state index is 2.60. The molecule has 0 aliphatic rings. The molecule has 0 saturated carbocycles. The smallest absolute Gasteiger partial charge is 0.0117 e. The van der Waals surface area contributed by atoms with Crippen molar-refractivity contribution in [3.8, 4) is 0 Å². The van der Waals surface area contributed by atoms with E-state index in [0.717, 1.165) is 3.92 Å². The van der Waals surface area contributed by atoms with Gasteiger partial charge in [-0.3, -0.25) is 0 Å². The van der Waals surface area contributed by atoms with E-state index >= 15 is 0 Å². The lowest BCUT2D eigenvalue weighted by atomic mass is 10.1. The molecule has 0 radical (unpaired) electrons. The van der Waals surface area contributed by atoms with Crippen LogP contribution in [0.3, 0.4) is 0 Å². The zero-order valence-electron chi connectivity index (χ0n) is 7.99. The molecule has 2 heteroatoms. The highest BCUT2D eigenvalue weighted by Crippen LogP contribution is 2.16. The molecule has 0 aromatic rings. The Balaban J connectivity index is 2.97. The van der Waals surface area contributed by atoms with Gasteiger partial charge in [0.05, 0.1) is 0 Å². The molecule has 0 aliphatic heterocycles. The van der Waals surface area contributed by atoms with Crippen molar-refractivity contribution in [3.63, 3.8) is 0 Å². The molecule has 0 N–H and O–H groups in total. The number of rotatable bonds is 8. The van der Waals surface area contributed by atoms with E-state index in [0.29, 0.717) is 0 Å². The summed E-state index contributed by atoms with van der Waals surface area (Å²) in [5.41, 5.74) is 0. The van der Waals surface area contributed by atoms with E-state index < -0.39 is 0 Å². The minimum Gasteiger partial charge on any atom is -0.0863 e. The fourth-order valence-electron chi connectivity index (χ4n) is 1.23. The molecule has 0 bridgehead atoms. The molecule has 0 heterocycles. The second-order valence-electron chi connectivity index (χ2n) is 3.28. The first-order valence-corrected chi connectivity index (χ1v) is 7.78. The van der Waals surface area contributed by atoms with Crippen LogP contribution >= 0.6 is 45.2 Å². The van der Waals surface area contributed by atoms with Crippen molar-refractivity contribution in [2.75, 3.05) is 4.43 Å². The lowest BCUT2D eigenvalue weighted by molar-refractivity contribution is 0.600. The topological polar surface area (TPSA) is 0 Å². The zero-order valence-corrected chi connectivity index (χ0v) is 12.3. The molecule has 0 aromatic heterocycles. The average Bonchev–Trinajstić information content (AvgIpc) is 2.05. The molecule has 0 aliphatic carbocycles. The van der Waals surface area contributed by atoms with Crippen LogP contribution in [0.2, 0.25) is 0 Å². The molecule has 1 atom stereocenters. The normalized spacial score (nSPS) is 13.2. The summed E-state index contributed by atoms with van der Waals surface area (Å²) in [4.78, 5) is 0. The van der Waals surface area contributed by atoms with Gasteiger partial charge in [0.2, 0.25) is 0 Å². The molecule has 1 unspecified atom stereocenters. The monoisotopic (exact) mass is 394 g/mol. The molecular formula is C10H20I2. The summed E-state index contributed by atoms with van der Waals surface area (Å²) in [6.07, 6.45) is 9.98. The number of unbranched alkanes of at least 4 members (excludes halogenated alkanes) is 4. The van der Waals surface area contributed by atoms with E-state index in [-0.39, 0.29) is 0 Å². The van der Waals surface area contributed by atoms with Gasteiger partial charge >= 0.3 is 0 Å². The molecule has 0 amide bonds. The molecule has 12 heavy (non-hydrogen) atoms. The molecule has 0 spiro atoms. The predicted octanol–water partition coefficient (Wildman–Crippen LogP) is 4.98. The number of hydrogen-bond acceptors (Lipinski definition) is 0. The molecule has 0 aromatic carbocycles. The lowest BCUT2D eigenvalue weighted by Gasteiger charge is -2.06. The molecule has 0 rings (SSSR count). The Morgan fingerprint density at radius 1 is 1.00 bits per heavy atom. The van der Waals surface area contributed by atoms with Crippen LogP contribution in [0.4, 0.5) is 0 Å². The molecular weight excluding hydrogens is 374 g/mol. The highest BCUT2D eigenvalue weighted by atomic mass is 127. The highest BCUT2D eigenvalue weighted by molar-refractivity contribution is 14.1. The third kappa shape index (κ3) is 9.55. The van der Waals surface area contributed by atoms with Gasteiger partial charge < -0.3 is 0 Å². The maximum Gasteiger partial charge on any atom is 0.0117 e. The van der Waals surface area contributed by atoms with Crippen molar-refractivity contribution in [3.05, 3.63) is 0 Å².